The summed E-state index contributed by atoms with van der Waals surface area (Å²) in [5.41, 5.74) is 0.741. The third-order valence-corrected chi connectivity index (χ3v) is 4.48. The average Bonchev–Trinajstić information content (AvgIpc) is 2.75. The van der Waals surface area contributed by atoms with E-state index in [1.807, 2.05) is 0 Å². The summed E-state index contributed by atoms with van der Waals surface area (Å²) in [4.78, 5) is 28.6. The molecule has 0 bridgehead atoms. The normalized spacial score (nSPS) is 20.1. The lowest BCUT2D eigenvalue weighted by atomic mass is 10.1. The molecule has 1 aliphatic rings. The molecular weight excluding hydrogens is 310 g/mol. The standard InChI is InChI=1S/C13H17N3O5S/c14-22(20,21)8-10-6-12(17)16(7-10)11(13(18)19)5-9-1-3-15-4-2-9/h1-4,10-11H,5-8H2,(H,18,19)(H2,14,20,21). The number of hydrogen-bond donors (Lipinski definition) is 2. The molecule has 0 aliphatic carbocycles. The monoisotopic (exact) mass is 327 g/mol. The van der Waals surface area contributed by atoms with Crippen molar-refractivity contribution in [2.24, 2.45) is 11.1 Å². The van der Waals surface area contributed by atoms with Crippen molar-refractivity contribution in [3.63, 3.8) is 0 Å². The summed E-state index contributed by atoms with van der Waals surface area (Å²) in [7, 11) is -3.69. The molecule has 9 heteroatoms. The number of nitrogens with two attached hydrogens (primary N) is 1. The molecule has 1 aromatic heterocycles. The van der Waals surface area contributed by atoms with Crippen LogP contribution in [0.2, 0.25) is 0 Å². The zero-order chi connectivity index (χ0) is 16.3. The molecule has 2 rings (SSSR count). The fourth-order valence-corrected chi connectivity index (χ4v) is 3.50. The van der Waals surface area contributed by atoms with Crippen molar-refractivity contribution >= 4 is 21.9 Å². The van der Waals surface area contributed by atoms with E-state index in [-0.39, 0.29) is 31.0 Å². The predicted molar refractivity (Wildman–Crippen MR) is 77.2 cm³/mol. The highest BCUT2D eigenvalue weighted by molar-refractivity contribution is 7.89. The first-order chi connectivity index (χ1) is 10.3. The molecule has 1 amide bonds. The van der Waals surface area contributed by atoms with Crippen LogP contribution in [0, 0.1) is 5.92 Å². The van der Waals surface area contributed by atoms with E-state index in [0.29, 0.717) is 0 Å². The van der Waals surface area contributed by atoms with E-state index in [9.17, 15) is 23.1 Å². The molecule has 0 saturated carbocycles. The highest BCUT2D eigenvalue weighted by Gasteiger charge is 2.38. The van der Waals surface area contributed by atoms with E-state index in [1.54, 1.807) is 24.5 Å². The maximum Gasteiger partial charge on any atom is 0.326 e. The van der Waals surface area contributed by atoms with Gasteiger partial charge in [0.25, 0.3) is 0 Å². The molecule has 2 atom stereocenters. The first-order valence-corrected chi connectivity index (χ1v) is 8.39. The minimum absolute atomic E-state index is 0.00342. The Labute approximate surface area is 128 Å². The molecule has 0 radical (unpaired) electrons. The minimum atomic E-state index is -3.69. The van der Waals surface area contributed by atoms with Crippen molar-refractivity contribution in [3.8, 4) is 0 Å². The van der Waals surface area contributed by atoms with Crippen LogP contribution in [0.4, 0.5) is 0 Å². The van der Waals surface area contributed by atoms with E-state index in [1.165, 1.54) is 4.90 Å². The van der Waals surface area contributed by atoms with Gasteiger partial charge < -0.3 is 10.0 Å². The van der Waals surface area contributed by atoms with Gasteiger partial charge in [-0.3, -0.25) is 9.78 Å². The number of carboxylic acids is 1. The Morgan fingerprint density at radius 2 is 2.09 bits per heavy atom. The van der Waals surface area contributed by atoms with Gasteiger partial charge in [0.2, 0.25) is 15.9 Å². The lowest BCUT2D eigenvalue weighted by molar-refractivity contribution is -0.148. The van der Waals surface area contributed by atoms with Crippen LogP contribution >= 0.6 is 0 Å². The van der Waals surface area contributed by atoms with Crippen LogP contribution in [0.25, 0.3) is 0 Å². The van der Waals surface area contributed by atoms with Crippen molar-refractivity contribution in [3.05, 3.63) is 30.1 Å². The summed E-state index contributed by atoms with van der Waals surface area (Å²) in [6.07, 6.45) is 3.23. The second-order valence-electron chi connectivity index (χ2n) is 5.36. The van der Waals surface area contributed by atoms with E-state index in [2.05, 4.69) is 4.98 Å². The van der Waals surface area contributed by atoms with E-state index in [0.717, 1.165) is 5.56 Å². The Balaban J connectivity index is 2.12. The molecule has 0 aromatic carbocycles. The number of aromatic nitrogens is 1. The summed E-state index contributed by atoms with van der Waals surface area (Å²) in [6, 6.07) is 2.33. The fourth-order valence-electron chi connectivity index (χ4n) is 2.62. The van der Waals surface area contributed by atoms with Crippen LogP contribution in [0.15, 0.2) is 24.5 Å². The summed E-state index contributed by atoms with van der Waals surface area (Å²) < 4.78 is 22.2. The number of primary sulfonamides is 1. The zero-order valence-corrected chi connectivity index (χ0v) is 12.6. The molecule has 1 aliphatic heterocycles. The second-order valence-corrected chi connectivity index (χ2v) is 7.02. The molecule has 1 saturated heterocycles. The predicted octanol–water partition coefficient (Wildman–Crippen LogP) is -0.786. The SMILES string of the molecule is NS(=O)(=O)CC1CC(=O)N(C(Cc2ccncc2)C(=O)O)C1. The first kappa shape index (κ1) is 16.4. The number of pyridine rings is 1. The Morgan fingerprint density at radius 1 is 1.45 bits per heavy atom. The van der Waals surface area contributed by atoms with Gasteiger partial charge >= 0.3 is 5.97 Å². The number of sulfonamides is 1. The quantitative estimate of drug-likeness (QED) is 0.704. The van der Waals surface area contributed by atoms with Gasteiger partial charge in [-0.1, -0.05) is 0 Å². The number of carbonyl (C=O) groups excluding carboxylic acids is 1. The van der Waals surface area contributed by atoms with Crippen LogP contribution in [-0.4, -0.2) is 53.6 Å². The third kappa shape index (κ3) is 4.25. The number of likely N-dealkylation sites (tertiary alicyclic amines) is 1. The van der Waals surface area contributed by atoms with Crippen molar-refractivity contribution in [1.82, 2.24) is 9.88 Å². The molecule has 0 spiro atoms. The maximum absolute atomic E-state index is 12.0. The van der Waals surface area contributed by atoms with Crippen LogP contribution in [0.1, 0.15) is 12.0 Å². The number of rotatable bonds is 6. The maximum atomic E-state index is 12.0. The molecule has 2 unspecified atom stereocenters. The molecule has 8 nitrogen and oxygen atoms in total. The highest BCUT2D eigenvalue weighted by atomic mass is 32.2. The van der Waals surface area contributed by atoms with Crippen LogP contribution in [-0.2, 0) is 26.0 Å². The highest BCUT2D eigenvalue weighted by Crippen LogP contribution is 2.23. The number of carbonyl (C=O) groups is 2. The van der Waals surface area contributed by atoms with Gasteiger partial charge in [-0.05, 0) is 17.7 Å². The van der Waals surface area contributed by atoms with Crippen molar-refractivity contribution in [1.29, 1.82) is 0 Å². The summed E-state index contributed by atoms with van der Waals surface area (Å²) in [6.45, 7) is 0.0807. The van der Waals surface area contributed by atoms with Crippen LogP contribution in [0.5, 0.6) is 0 Å². The molecule has 3 N–H and O–H groups in total. The minimum Gasteiger partial charge on any atom is -0.480 e. The number of amides is 1. The van der Waals surface area contributed by atoms with Gasteiger partial charge in [-0.2, -0.15) is 0 Å². The van der Waals surface area contributed by atoms with E-state index >= 15 is 0 Å². The van der Waals surface area contributed by atoms with Crippen molar-refractivity contribution < 1.29 is 23.1 Å². The number of aliphatic carboxylic acids is 1. The third-order valence-electron chi connectivity index (χ3n) is 3.55. The second kappa shape index (κ2) is 6.41. The fraction of sp³-hybridized carbons (Fsp3) is 0.462. The Hall–Kier alpha value is -2.00. The van der Waals surface area contributed by atoms with Gasteiger partial charge in [0.15, 0.2) is 0 Å². The Kier molecular flexibility index (Phi) is 4.77. The zero-order valence-electron chi connectivity index (χ0n) is 11.8. The van der Waals surface area contributed by atoms with Gasteiger partial charge in [0.05, 0.1) is 5.75 Å². The molecular formula is C13H17N3O5S. The number of carboxylic acid groups (broad SMARTS) is 1. The van der Waals surface area contributed by atoms with Gasteiger partial charge in [0.1, 0.15) is 6.04 Å². The van der Waals surface area contributed by atoms with Gasteiger partial charge in [-0.25, -0.2) is 18.4 Å². The van der Waals surface area contributed by atoms with E-state index < -0.39 is 28.0 Å². The summed E-state index contributed by atoms with van der Waals surface area (Å²) in [5, 5.41) is 14.4. The first-order valence-electron chi connectivity index (χ1n) is 6.68. The molecule has 2 heterocycles. The number of nitrogens with zero attached hydrogens (tertiary/aromatic N) is 2. The molecule has 120 valence electrons. The molecule has 22 heavy (non-hydrogen) atoms. The van der Waals surface area contributed by atoms with Crippen LogP contribution < -0.4 is 5.14 Å². The van der Waals surface area contributed by atoms with Crippen LogP contribution in [0.3, 0.4) is 0 Å². The van der Waals surface area contributed by atoms with E-state index in [4.69, 9.17) is 5.14 Å². The largest absolute Gasteiger partial charge is 0.480 e. The topological polar surface area (TPSA) is 131 Å². The van der Waals surface area contributed by atoms with Gasteiger partial charge in [0, 0.05) is 37.7 Å². The number of hydrogen-bond acceptors (Lipinski definition) is 5. The van der Waals surface area contributed by atoms with Crippen molar-refractivity contribution in [2.45, 2.75) is 18.9 Å². The lowest BCUT2D eigenvalue weighted by Crippen LogP contribution is -2.44. The average molecular weight is 327 g/mol. The Bertz CT molecular complexity index is 662. The van der Waals surface area contributed by atoms with Gasteiger partial charge in [-0.15, -0.1) is 0 Å². The molecule has 1 aromatic rings. The lowest BCUT2D eigenvalue weighted by Gasteiger charge is -2.24. The smallest absolute Gasteiger partial charge is 0.326 e. The van der Waals surface area contributed by atoms with Crippen molar-refractivity contribution in [2.75, 3.05) is 12.3 Å². The Morgan fingerprint density at radius 3 is 2.64 bits per heavy atom. The summed E-state index contributed by atoms with van der Waals surface area (Å²) in [5.74, 6) is -2.28. The summed E-state index contributed by atoms with van der Waals surface area (Å²) >= 11 is 0. The molecule has 1 fully saturated rings.